The van der Waals surface area contributed by atoms with Crippen LogP contribution in [0.3, 0.4) is 0 Å². The van der Waals surface area contributed by atoms with Crippen molar-refractivity contribution in [3.63, 3.8) is 0 Å². The molecular weight excluding hydrogens is 544 g/mol. The predicted octanol–water partition coefficient (Wildman–Crippen LogP) is 12.7. The molecule has 0 unspecified atom stereocenters. The van der Waals surface area contributed by atoms with Crippen LogP contribution in [0, 0.1) is 0 Å². The van der Waals surface area contributed by atoms with E-state index in [0.717, 1.165) is 0 Å². The van der Waals surface area contributed by atoms with Gasteiger partial charge in [0, 0.05) is 10.8 Å². The van der Waals surface area contributed by atoms with E-state index in [1.54, 1.807) is 48.5 Å². The zero-order chi connectivity index (χ0) is 45.1. The third-order valence-electron chi connectivity index (χ3n) is 8.32. The van der Waals surface area contributed by atoms with E-state index in [9.17, 15) is 4.11 Å². The molecule has 1 heteroatoms. The Labute approximate surface area is 284 Å². The fraction of sp³-hybridized carbons (Fsp3) is 0. The summed E-state index contributed by atoms with van der Waals surface area (Å²) in [7, 11) is 0. The Balaban J connectivity index is 1.48. The zero-order valence-corrected chi connectivity index (χ0v) is 23.0. The smallest absolute Gasteiger partial charge is 0.136 e. The molecule has 45 heavy (non-hydrogen) atoms. The van der Waals surface area contributed by atoms with Gasteiger partial charge < -0.3 is 4.42 Å². The van der Waals surface area contributed by atoms with Crippen LogP contribution in [0.15, 0.2) is 162 Å². The highest BCUT2D eigenvalue weighted by Gasteiger charge is 2.21. The first-order chi connectivity index (χ1) is 29.8. The molecular formula is C44H26O. The van der Waals surface area contributed by atoms with Crippen molar-refractivity contribution in [1.82, 2.24) is 0 Å². The van der Waals surface area contributed by atoms with Crippen molar-refractivity contribution >= 4 is 75.8 Å². The quantitative estimate of drug-likeness (QED) is 0.145. The van der Waals surface area contributed by atoms with E-state index in [-0.39, 0.29) is 76.5 Å². The Morgan fingerprint density at radius 2 is 0.889 bits per heavy atom. The first kappa shape index (κ1) is 13.0. The van der Waals surface area contributed by atoms with Gasteiger partial charge in [-0.05, 0) is 88.2 Å². The predicted molar refractivity (Wildman–Crippen MR) is 192 cm³/mol. The lowest BCUT2D eigenvalue weighted by molar-refractivity contribution is 0.669. The number of benzene rings is 9. The Kier molecular flexibility index (Phi) is 2.68. The fourth-order valence-electron chi connectivity index (χ4n) is 6.49. The van der Waals surface area contributed by atoms with Gasteiger partial charge in [0.15, 0.2) is 0 Å². The monoisotopic (exact) mass is 588 g/mol. The number of hydrogen-bond donors (Lipinski definition) is 0. The summed E-state index contributed by atoms with van der Waals surface area (Å²) in [6.07, 6.45) is 0. The molecule has 0 aliphatic carbocycles. The highest BCUT2D eigenvalue weighted by atomic mass is 16.3. The minimum Gasteiger partial charge on any atom is -0.456 e. The maximum Gasteiger partial charge on any atom is 0.136 e. The van der Waals surface area contributed by atoms with E-state index in [2.05, 4.69) is 0 Å². The van der Waals surface area contributed by atoms with Crippen LogP contribution >= 0.6 is 0 Å². The van der Waals surface area contributed by atoms with Crippen LogP contribution < -0.4 is 0 Å². The molecule has 0 bridgehead atoms. The maximum absolute atomic E-state index is 9.54. The van der Waals surface area contributed by atoms with Crippen molar-refractivity contribution in [3.8, 4) is 22.3 Å². The third-order valence-corrected chi connectivity index (χ3v) is 8.32. The van der Waals surface area contributed by atoms with Crippen LogP contribution in [0.1, 0.15) is 24.7 Å². The van der Waals surface area contributed by atoms with E-state index in [1.807, 2.05) is 0 Å². The summed E-state index contributed by atoms with van der Waals surface area (Å²) < 4.78 is 167. The van der Waals surface area contributed by atoms with Crippen molar-refractivity contribution in [2.45, 2.75) is 0 Å². The number of hydrogen-bond acceptors (Lipinski definition) is 1. The SMILES string of the molecule is [2H]c1c([2H])c(-c2c3ccccc3c(-c3c([2H])c([2H])c([2H])c4c3c([2H])c([2H])c3c([2H])c([2H])c([2H])c([2H])c34)c3ccccc23)c2c(oc3c([2H])c([2H])c4c([2H])c([2H])c([2H])c([2H])c4c32)c1[2H]. The Morgan fingerprint density at radius 3 is 1.62 bits per heavy atom. The largest absolute Gasteiger partial charge is 0.456 e. The highest BCUT2D eigenvalue weighted by molar-refractivity contribution is 6.29. The minimum atomic E-state index is -0.648. The first-order valence-electron chi connectivity index (χ1n) is 23.1. The first-order valence-corrected chi connectivity index (χ1v) is 14.1. The average molecular weight is 589 g/mol. The topological polar surface area (TPSA) is 13.1 Å². The lowest BCUT2D eigenvalue weighted by Crippen LogP contribution is -1.92. The van der Waals surface area contributed by atoms with E-state index < -0.39 is 109 Å². The van der Waals surface area contributed by atoms with Gasteiger partial charge >= 0.3 is 0 Å². The molecule has 0 amide bonds. The summed E-state index contributed by atoms with van der Waals surface area (Å²) in [5.74, 6) is 0. The van der Waals surface area contributed by atoms with E-state index >= 15 is 0 Å². The molecule has 0 atom stereocenters. The van der Waals surface area contributed by atoms with E-state index in [4.69, 9.17) is 25.0 Å². The summed E-state index contributed by atoms with van der Waals surface area (Å²) in [6.45, 7) is 0. The molecule has 10 rings (SSSR count). The third kappa shape index (κ3) is 3.44. The molecule has 0 aliphatic rings. The lowest BCUT2D eigenvalue weighted by atomic mass is 9.83. The van der Waals surface area contributed by atoms with Gasteiger partial charge in [-0.25, -0.2) is 0 Å². The minimum absolute atomic E-state index is 0.00945. The molecule has 0 spiro atoms. The molecule has 1 aromatic heterocycles. The van der Waals surface area contributed by atoms with Gasteiger partial charge in [-0.15, -0.1) is 0 Å². The fourth-order valence-corrected chi connectivity index (χ4v) is 6.49. The summed E-state index contributed by atoms with van der Waals surface area (Å²) in [5, 5.41) is -0.0672. The molecule has 10 aromatic rings. The Morgan fingerprint density at radius 1 is 0.356 bits per heavy atom. The Hall–Kier alpha value is -5.92. The van der Waals surface area contributed by atoms with Gasteiger partial charge in [0.05, 0.1) is 24.7 Å². The van der Waals surface area contributed by atoms with Crippen LogP contribution in [0.5, 0.6) is 0 Å². The van der Waals surface area contributed by atoms with Gasteiger partial charge in [0.25, 0.3) is 0 Å². The molecule has 1 nitrogen and oxygen atoms in total. The van der Waals surface area contributed by atoms with Gasteiger partial charge in [0.1, 0.15) is 11.2 Å². The second-order valence-electron chi connectivity index (χ2n) is 10.6. The Bertz CT molecular complexity index is 3780. The molecule has 0 radical (unpaired) electrons. The van der Waals surface area contributed by atoms with Crippen LogP contribution in [0.4, 0.5) is 0 Å². The lowest BCUT2D eigenvalue weighted by Gasteiger charge is -2.19. The van der Waals surface area contributed by atoms with E-state index in [0.29, 0.717) is 21.5 Å². The molecule has 9 aromatic carbocycles. The molecule has 0 saturated carbocycles. The molecule has 1 heterocycles. The normalized spacial score (nSPS) is 17.6. The van der Waals surface area contributed by atoms with Crippen molar-refractivity contribution in [2.24, 2.45) is 0 Å². The molecule has 0 fully saturated rings. The van der Waals surface area contributed by atoms with Crippen LogP contribution in [0.2, 0.25) is 0 Å². The number of furan rings is 1. The summed E-state index contributed by atoms with van der Waals surface area (Å²) in [4.78, 5) is 0. The van der Waals surface area contributed by atoms with Gasteiger partial charge in [-0.3, -0.25) is 0 Å². The average Bonchev–Trinajstić information content (AvgIpc) is 3.67. The van der Waals surface area contributed by atoms with Gasteiger partial charge in [-0.1, -0.05) is 145 Å². The summed E-state index contributed by atoms with van der Waals surface area (Å²) in [5.41, 5.74) is -0.123. The van der Waals surface area contributed by atoms with Crippen LogP contribution in [0.25, 0.3) is 98.1 Å². The summed E-state index contributed by atoms with van der Waals surface area (Å²) in [6, 6.07) is 3.13. The van der Waals surface area contributed by atoms with Crippen molar-refractivity contribution < 1.29 is 29.1 Å². The van der Waals surface area contributed by atoms with Crippen LogP contribution in [-0.2, 0) is 0 Å². The molecule has 0 N–H and O–H groups in total. The van der Waals surface area contributed by atoms with Crippen molar-refractivity contribution in [1.29, 1.82) is 0 Å². The van der Waals surface area contributed by atoms with E-state index in [1.165, 1.54) is 0 Å². The number of fused-ring (bicyclic) bond motifs is 10. The zero-order valence-electron chi connectivity index (χ0n) is 41.0. The standard InChI is InChI=1S/C44H26O/c1-3-13-29-27(11-1)23-25-32-31(29)19-9-20-33(32)41-34-15-5-7-17-36(34)42(37-18-8-6-16-35(37)41)38-21-10-22-39-44(38)43-30-14-4-2-12-28(30)24-26-40(43)45-39/h1-26H/i1D,2D,3D,4D,9D,10D,11D,12D,13D,14D,19D,20D,21D,22D,23D,24D,25D,26D. The van der Waals surface area contributed by atoms with Gasteiger partial charge in [0.2, 0.25) is 0 Å². The molecule has 0 saturated heterocycles. The molecule has 0 aliphatic heterocycles. The summed E-state index contributed by atoms with van der Waals surface area (Å²) >= 11 is 0. The number of rotatable bonds is 2. The second-order valence-corrected chi connectivity index (χ2v) is 10.6. The van der Waals surface area contributed by atoms with Crippen LogP contribution in [-0.4, -0.2) is 0 Å². The second kappa shape index (κ2) is 9.29. The maximum atomic E-state index is 9.54. The highest BCUT2D eigenvalue weighted by Crippen LogP contribution is 2.48. The molecule has 208 valence electrons. The van der Waals surface area contributed by atoms with Crippen molar-refractivity contribution in [2.75, 3.05) is 0 Å². The van der Waals surface area contributed by atoms with Crippen molar-refractivity contribution in [3.05, 3.63) is 157 Å². The van der Waals surface area contributed by atoms with Gasteiger partial charge in [-0.2, -0.15) is 0 Å².